The molecule has 0 radical (unpaired) electrons. The highest BCUT2D eigenvalue weighted by Crippen LogP contribution is 2.22. The predicted molar refractivity (Wildman–Crippen MR) is 58.9 cm³/mol. The average molecular weight is 244 g/mol. The van der Waals surface area contributed by atoms with E-state index in [4.69, 9.17) is 0 Å². The van der Waals surface area contributed by atoms with E-state index >= 15 is 0 Å². The van der Waals surface area contributed by atoms with Gasteiger partial charge in [-0.2, -0.15) is 0 Å². The molecule has 17 heavy (non-hydrogen) atoms. The molecule has 0 bridgehead atoms. The molecule has 0 saturated carbocycles. The molecule has 0 unspecified atom stereocenters. The highest BCUT2D eigenvalue weighted by molar-refractivity contribution is 5.95. The molecule has 1 aromatic rings. The number of amides is 1. The Morgan fingerprint density at radius 1 is 1.41 bits per heavy atom. The van der Waals surface area contributed by atoms with E-state index in [9.17, 15) is 13.6 Å². The van der Waals surface area contributed by atoms with Crippen LogP contribution >= 0.6 is 0 Å². The maximum atomic E-state index is 13.7. The van der Waals surface area contributed by atoms with Gasteiger partial charge < -0.3 is 10.1 Å². The van der Waals surface area contributed by atoms with Gasteiger partial charge in [-0.15, -0.1) is 0 Å². The number of halogens is 2. The summed E-state index contributed by atoms with van der Waals surface area (Å²) in [6.07, 6.45) is 0. The normalized spacial score (nSPS) is 10.5. The van der Waals surface area contributed by atoms with Crippen LogP contribution in [-0.2, 0) is 0 Å². The second kappa shape index (κ2) is 5.58. The second-order valence-electron chi connectivity index (χ2n) is 3.68. The van der Waals surface area contributed by atoms with Crippen molar-refractivity contribution >= 4 is 5.91 Å². The minimum absolute atomic E-state index is 0.165. The lowest BCUT2D eigenvalue weighted by atomic mass is 10.1. The van der Waals surface area contributed by atoms with Gasteiger partial charge in [0.05, 0.1) is 13.8 Å². The largest absolute Gasteiger partial charge is 0.494 e. The molecule has 0 aliphatic heterocycles. The highest BCUT2D eigenvalue weighted by Gasteiger charge is 2.20. The van der Waals surface area contributed by atoms with E-state index in [1.54, 1.807) is 19.0 Å². The van der Waals surface area contributed by atoms with E-state index < -0.39 is 23.1 Å². The number of benzene rings is 1. The smallest absolute Gasteiger partial charge is 0.258 e. The summed E-state index contributed by atoms with van der Waals surface area (Å²) in [4.78, 5) is 13.2. The molecule has 6 heteroatoms. The number of hydrogen-bond donors (Lipinski definition) is 1. The lowest BCUT2D eigenvalue weighted by molar-refractivity contribution is 0.0926. The van der Waals surface area contributed by atoms with Crippen molar-refractivity contribution in [2.24, 2.45) is 0 Å². The van der Waals surface area contributed by atoms with Crippen LogP contribution in [-0.4, -0.2) is 38.7 Å². The summed E-state index contributed by atoms with van der Waals surface area (Å²) in [5, 5.41) is 2.38. The van der Waals surface area contributed by atoms with E-state index in [1.807, 2.05) is 0 Å². The van der Waals surface area contributed by atoms with Crippen molar-refractivity contribution in [3.8, 4) is 5.75 Å². The SMILES string of the molecule is COc1ccc(F)c(C(=O)NCN(C)C)c1F. The first-order valence-corrected chi connectivity index (χ1v) is 4.92. The van der Waals surface area contributed by atoms with Crippen molar-refractivity contribution in [2.45, 2.75) is 0 Å². The summed E-state index contributed by atoms with van der Waals surface area (Å²) < 4.78 is 31.7. The van der Waals surface area contributed by atoms with E-state index in [0.29, 0.717) is 0 Å². The van der Waals surface area contributed by atoms with Crippen molar-refractivity contribution in [3.63, 3.8) is 0 Å². The summed E-state index contributed by atoms with van der Waals surface area (Å²) in [6, 6.07) is 2.12. The van der Waals surface area contributed by atoms with Gasteiger partial charge in [0.15, 0.2) is 11.6 Å². The van der Waals surface area contributed by atoms with Crippen LogP contribution in [0.5, 0.6) is 5.75 Å². The topological polar surface area (TPSA) is 41.6 Å². The van der Waals surface area contributed by atoms with Gasteiger partial charge in [-0.3, -0.25) is 9.69 Å². The molecule has 0 saturated heterocycles. The molecular weight excluding hydrogens is 230 g/mol. The van der Waals surface area contributed by atoms with Gasteiger partial charge in [-0.1, -0.05) is 0 Å². The average Bonchev–Trinajstić information content (AvgIpc) is 2.26. The van der Waals surface area contributed by atoms with Crippen LogP contribution in [0.3, 0.4) is 0 Å². The second-order valence-corrected chi connectivity index (χ2v) is 3.68. The van der Waals surface area contributed by atoms with Crippen molar-refractivity contribution in [3.05, 3.63) is 29.3 Å². The Morgan fingerprint density at radius 3 is 2.59 bits per heavy atom. The van der Waals surface area contributed by atoms with Gasteiger partial charge in [0, 0.05) is 0 Å². The number of nitrogens with one attached hydrogen (secondary N) is 1. The number of ether oxygens (including phenoxy) is 1. The molecular formula is C11H14F2N2O2. The molecule has 4 nitrogen and oxygen atoms in total. The van der Waals surface area contributed by atoms with Crippen LogP contribution < -0.4 is 10.1 Å². The summed E-state index contributed by atoms with van der Waals surface area (Å²) in [7, 11) is 4.69. The number of carbonyl (C=O) groups is 1. The first kappa shape index (κ1) is 13.4. The number of carbonyl (C=O) groups excluding carboxylic acids is 1. The zero-order chi connectivity index (χ0) is 13.0. The third kappa shape index (κ3) is 3.13. The number of hydrogen-bond acceptors (Lipinski definition) is 3. The van der Waals surface area contributed by atoms with Crippen molar-refractivity contribution in [1.29, 1.82) is 0 Å². The van der Waals surface area contributed by atoms with Gasteiger partial charge in [-0.25, -0.2) is 8.78 Å². The van der Waals surface area contributed by atoms with E-state index in [0.717, 1.165) is 12.1 Å². The lowest BCUT2D eigenvalue weighted by Gasteiger charge is -2.12. The summed E-state index contributed by atoms with van der Waals surface area (Å²) in [5.74, 6) is -2.89. The Bertz CT molecular complexity index is 422. The molecule has 0 heterocycles. The zero-order valence-corrected chi connectivity index (χ0v) is 9.88. The van der Waals surface area contributed by atoms with Crippen LogP contribution in [0.1, 0.15) is 10.4 Å². The number of methoxy groups -OCH3 is 1. The predicted octanol–water partition coefficient (Wildman–Crippen LogP) is 1.22. The van der Waals surface area contributed by atoms with E-state index in [2.05, 4.69) is 10.1 Å². The van der Waals surface area contributed by atoms with Gasteiger partial charge in [0.2, 0.25) is 0 Å². The Labute approximate surface area is 98.2 Å². The Morgan fingerprint density at radius 2 is 2.06 bits per heavy atom. The van der Waals surface area contributed by atoms with Gasteiger partial charge in [0.1, 0.15) is 11.4 Å². The Hall–Kier alpha value is -1.69. The summed E-state index contributed by atoms with van der Waals surface area (Å²) >= 11 is 0. The molecule has 0 aliphatic carbocycles. The fourth-order valence-electron chi connectivity index (χ4n) is 1.22. The maximum Gasteiger partial charge on any atom is 0.258 e. The van der Waals surface area contributed by atoms with Gasteiger partial charge in [-0.05, 0) is 26.2 Å². The van der Waals surface area contributed by atoms with Gasteiger partial charge >= 0.3 is 0 Å². The highest BCUT2D eigenvalue weighted by atomic mass is 19.1. The molecule has 0 aliphatic rings. The molecule has 1 aromatic carbocycles. The standard InChI is InChI=1S/C11H14F2N2O2/c1-15(2)6-14-11(16)9-7(12)4-5-8(17-3)10(9)13/h4-5H,6H2,1-3H3,(H,14,16). The number of nitrogens with zero attached hydrogens (tertiary/aromatic N) is 1. The Kier molecular flexibility index (Phi) is 4.39. The van der Waals surface area contributed by atoms with Crippen molar-refractivity contribution < 1.29 is 18.3 Å². The molecule has 1 amide bonds. The van der Waals surface area contributed by atoms with Gasteiger partial charge in [0.25, 0.3) is 5.91 Å². The first-order chi connectivity index (χ1) is 7.97. The molecule has 0 fully saturated rings. The van der Waals surface area contributed by atoms with Crippen molar-refractivity contribution in [1.82, 2.24) is 10.2 Å². The van der Waals surface area contributed by atoms with E-state index in [1.165, 1.54) is 7.11 Å². The Balaban J connectivity index is 3.00. The number of rotatable bonds is 4. The van der Waals surface area contributed by atoms with Crippen LogP contribution in [0, 0.1) is 11.6 Å². The fraction of sp³-hybridized carbons (Fsp3) is 0.364. The molecule has 1 rings (SSSR count). The monoisotopic (exact) mass is 244 g/mol. The zero-order valence-electron chi connectivity index (χ0n) is 9.88. The molecule has 1 N–H and O–H groups in total. The van der Waals surface area contributed by atoms with Crippen LogP contribution in [0.15, 0.2) is 12.1 Å². The summed E-state index contributed by atoms with van der Waals surface area (Å²) in [5.41, 5.74) is -0.633. The minimum Gasteiger partial charge on any atom is -0.494 e. The third-order valence-electron chi connectivity index (χ3n) is 2.06. The van der Waals surface area contributed by atoms with Crippen LogP contribution in [0.25, 0.3) is 0 Å². The maximum absolute atomic E-state index is 13.7. The molecule has 0 aromatic heterocycles. The quantitative estimate of drug-likeness (QED) is 0.810. The molecule has 94 valence electrons. The van der Waals surface area contributed by atoms with E-state index in [-0.39, 0.29) is 12.4 Å². The molecule has 0 spiro atoms. The summed E-state index contributed by atoms with van der Waals surface area (Å²) in [6.45, 7) is 0.189. The third-order valence-corrected chi connectivity index (χ3v) is 2.06. The van der Waals surface area contributed by atoms with Crippen LogP contribution in [0.2, 0.25) is 0 Å². The van der Waals surface area contributed by atoms with Crippen LogP contribution in [0.4, 0.5) is 8.78 Å². The minimum atomic E-state index is -0.997. The van der Waals surface area contributed by atoms with Crippen molar-refractivity contribution in [2.75, 3.05) is 27.9 Å². The molecule has 0 atom stereocenters. The fourth-order valence-corrected chi connectivity index (χ4v) is 1.22. The lowest BCUT2D eigenvalue weighted by Crippen LogP contribution is -2.34. The first-order valence-electron chi connectivity index (χ1n) is 4.92.